The fourth-order valence-corrected chi connectivity index (χ4v) is 3.62. The van der Waals surface area contributed by atoms with Crippen molar-refractivity contribution in [3.05, 3.63) is 66.4 Å². The van der Waals surface area contributed by atoms with E-state index in [4.69, 9.17) is 17.0 Å². The maximum Gasteiger partial charge on any atom is 0.170 e. The zero-order chi connectivity index (χ0) is 18.2. The number of benzene rings is 2. The third kappa shape index (κ3) is 4.86. The normalized spacial score (nSPS) is 10.5. The number of thiocarbonyl (C=S) groups is 1. The molecule has 2 aromatic carbocycles. The van der Waals surface area contributed by atoms with E-state index in [1.165, 1.54) is 5.56 Å². The van der Waals surface area contributed by atoms with Gasteiger partial charge in [-0.2, -0.15) is 11.8 Å². The second-order valence-electron chi connectivity index (χ2n) is 5.63. The molecule has 1 aromatic heterocycles. The average Bonchev–Trinajstić information content (AvgIpc) is 2.69. The monoisotopic (exact) mass is 383 g/mol. The van der Waals surface area contributed by atoms with Gasteiger partial charge in [-0.1, -0.05) is 30.3 Å². The number of aromatic nitrogens is 1. The van der Waals surface area contributed by atoms with Crippen LogP contribution in [0, 0.1) is 0 Å². The lowest BCUT2D eigenvalue weighted by Crippen LogP contribution is -2.30. The van der Waals surface area contributed by atoms with Gasteiger partial charge in [-0.25, -0.2) is 0 Å². The van der Waals surface area contributed by atoms with Crippen molar-refractivity contribution in [1.29, 1.82) is 0 Å². The quantitative estimate of drug-likeness (QED) is 0.464. The molecule has 0 amide bonds. The first-order valence-corrected chi connectivity index (χ1v) is 9.92. The van der Waals surface area contributed by atoms with Crippen LogP contribution in [0.5, 0.6) is 5.75 Å². The van der Waals surface area contributed by atoms with E-state index in [0.717, 1.165) is 40.4 Å². The van der Waals surface area contributed by atoms with Gasteiger partial charge in [-0.3, -0.25) is 4.98 Å². The highest BCUT2D eigenvalue weighted by Gasteiger charge is 2.08. The van der Waals surface area contributed by atoms with Crippen molar-refractivity contribution >= 4 is 45.7 Å². The van der Waals surface area contributed by atoms with Crippen molar-refractivity contribution in [2.24, 2.45) is 0 Å². The number of fused-ring (bicyclic) bond motifs is 1. The van der Waals surface area contributed by atoms with Crippen molar-refractivity contribution in [2.45, 2.75) is 5.75 Å². The summed E-state index contributed by atoms with van der Waals surface area (Å²) in [6.07, 6.45) is 1.76. The van der Waals surface area contributed by atoms with Crippen LogP contribution in [-0.4, -0.2) is 29.5 Å². The molecule has 1 heterocycles. The standard InChI is InChI=1S/C20H21N3OS2/c1-24-18-10-9-17(16-8-5-11-21-19(16)18)23-20(25)22-12-13-26-14-15-6-3-2-4-7-15/h2-11H,12-14H2,1H3,(H2,22,23,25). The van der Waals surface area contributed by atoms with Gasteiger partial charge < -0.3 is 15.4 Å². The number of ether oxygens (including phenoxy) is 1. The Bertz CT molecular complexity index is 871. The van der Waals surface area contributed by atoms with Crippen molar-refractivity contribution in [3.63, 3.8) is 0 Å². The first-order chi connectivity index (χ1) is 12.8. The predicted octanol–water partition coefficient (Wildman–Crippen LogP) is 4.46. The minimum absolute atomic E-state index is 0.612. The first-order valence-electron chi connectivity index (χ1n) is 8.36. The van der Waals surface area contributed by atoms with Crippen molar-refractivity contribution in [2.75, 3.05) is 24.7 Å². The van der Waals surface area contributed by atoms with Gasteiger partial charge in [-0.15, -0.1) is 0 Å². The van der Waals surface area contributed by atoms with Gasteiger partial charge in [0.25, 0.3) is 0 Å². The maximum atomic E-state index is 5.42. The summed E-state index contributed by atoms with van der Waals surface area (Å²) in [6, 6.07) is 18.2. The van der Waals surface area contributed by atoms with E-state index < -0.39 is 0 Å². The predicted molar refractivity (Wildman–Crippen MR) is 115 cm³/mol. The molecule has 3 aromatic rings. The molecular formula is C20H21N3OS2. The molecule has 0 saturated carbocycles. The number of anilines is 1. The highest BCUT2D eigenvalue weighted by atomic mass is 32.2. The van der Waals surface area contributed by atoms with Crippen molar-refractivity contribution in [1.82, 2.24) is 10.3 Å². The first kappa shape index (κ1) is 18.5. The van der Waals surface area contributed by atoms with Crippen LogP contribution >= 0.6 is 24.0 Å². The van der Waals surface area contributed by atoms with Gasteiger partial charge in [0, 0.05) is 35.3 Å². The van der Waals surface area contributed by atoms with Gasteiger partial charge in [-0.05, 0) is 42.0 Å². The molecule has 0 spiro atoms. The van der Waals surface area contributed by atoms with E-state index in [-0.39, 0.29) is 0 Å². The molecule has 0 aliphatic rings. The molecule has 0 fully saturated rings. The van der Waals surface area contributed by atoms with Gasteiger partial charge in [0.1, 0.15) is 11.3 Å². The molecule has 26 heavy (non-hydrogen) atoms. The maximum absolute atomic E-state index is 5.42. The number of methoxy groups -OCH3 is 1. The fourth-order valence-electron chi connectivity index (χ4n) is 2.59. The molecule has 3 rings (SSSR count). The Kier molecular flexibility index (Phi) is 6.68. The Morgan fingerprint density at radius 2 is 1.96 bits per heavy atom. The summed E-state index contributed by atoms with van der Waals surface area (Å²) in [4.78, 5) is 4.40. The van der Waals surface area contributed by atoms with Crippen LogP contribution in [0.4, 0.5) is 5.69 Å². The van der Waals surface area contributed by atoms with Crippen LogP contribution in [0.2, 0.25) is 0 Å². The minimum atomic E-state index is 0.612. The van der Waals surface area contributed by atoms with E-state index in [1.807, 2.05) is 42.1 Å². The molecule has 0 radical (unpaired) electrons. The van der Waals surface area contributed by atoms with Crippen LogP contribution in [0.3, 0.4) is 0 Å². The Balaban J connectivity index is 1.50. The van der Waals surface area contributed by atoms with E-state index >= 15 is 0 Å². The number of nitrogens with zero attached hydrogens (tertiary/aromatic N) is 1. The second-order valence-corrected chi connectivity index (χ2v) is 7.15. The van der Waals surface area contributed by atoms with Crippen LogP contribution in [0.1, 0.15) is 5.56 Å². The van der Waals surface area contributed by atoms with Gasteiger partial charge in [0.2, 0.25) is 0 Å². The highest BCUT2D eigenvalue weighted by molar-refractivity contribution is 7.98. The minimum Gasteiger partial charge on any atom is -0.494 e. The molecular weight excluding hydrogens is 362 g/mol. The molecule has 0 aliphatic carbocycles. The highest BCUT2D eigenvalue weighted by Crippen LogP contribution is 2.29. The number of nitrogens with one attached hydrogen (secondary N) is 2. The van der Waals surface area contributed by atoms with Crippen LogP contribution in [0.15, 0.2) is 60.8 Å². The topological polar surface area (TPSA) is 46.2 Å². The zero-order valence-corrected chi connectivity index (χ0v) is 16.2. The van der Waals surface area contributed by atoms with Crippen LogP contribution < -0.4 is 15.4 Å². The number of hydrogen-bond donors (Lipinski definition) is 2. The largest absolute Gasteiger partial charge is 0.494 e. The average molecular weight is 384 g/mol. The van der Waals surface area contributed by atoms with E-state index in [2.05, 4.69) is 39.9 Å². The molecule has 0 saturated heterocycles. The number of pyridine rings is 1. The van der Waals surface area contributed by atoms with Crippen molar-refractivity contribution < 1.29 is 4.74 Å². The third-order valence-electron chi connectivity index (χ3n) is 3.84. The molecule has 6 heteroatoms. The molecule has 0 aliphatic heterocycles. The zero-order valence-electron chi connectivity index (χ0n) is 14.6. The molecule has 0 unspecified atom stereocenters. The lowest BCUT2D eigenvalue weighted by atomic mass is 10.1. The number of hydrogen-bond acceptors (Lipinski definition) is 4. The molecule has 4 nitrogen and oxygen atoms in total. The van der Waals surface area contributed by atoms with Crippen molar-refractivity contribution in [3.8, 4) is 5.75 Å². The lowest BCUT2D eigenvalue weighted by molar-refractivity contribution is 0.419. The number of thioether (sulfide) groups is 1. The summed E-state index contributed by atoms with van der Waals surface area (Å²) in [5, 5.41) is 8.11. The van der Waals surface area contributed by atoms with Crippen LogP contribution in [0.25, 0.3) is 10.9 Å². The lowest BCUT2D eigenvalue weighted by Gasteiger charge is -2.13. The molecule has 134 valence electrons. The summed E-state index contributed by atoms with van der Waals surface area (Å²) in [7, 11) is 1.65. The Morgan fingerprint density at radius 1 is 1.12 bits per heavy atom. The van der Waals surface area contributed by atoms with E-state index in [9.17, 15) is 0 Å². The van der Waals surface area contributed by atoms with Gasteiger partial charge in [0.05, 0.1) is 7.11 Å². The van der Waals surface area contributed by atoms with E-state index in [1.54, 1.807) is 13.3 Å². The Labute approximate surface area is 163 Å². The fraction of sp³-hybridized carbons (Fsp3) is 0.200. The molecule has 2 N–H and O–H groups in total. The third-order valence-corrected chi connectivity index (χ3v) is 5.12. The van der Waals surface area contributed by atoms with E-state index in [0.29, 0.717) is 5.11 Å². The summed E-state index contributed by atoms with van der Waals surface area (Å²) in [5.41, 5.74) is 3.08. The Hall–Kier alpha value is -2.31. The summed E-state index contributed by atoms with van der Waals surface area (Å²) in [6.45, 7) is 0.815. The summed E-state index contributed by atoms with van der Waals surface area (Å²) < 4.78 is 5.37. The summed E-state index contributed by atoms with van der Waals surface area (Å²) >= 11 is 7.31. The van der Waals surface area contributed by atoms with Gasteiger partial charge in [0.15, 0.2) is 5.11 Å². The van der Waals surface area contributed by atoms with Crippen LogP contribution in [-0.2, 0) is 5.75 Å². The second kappa shape index (κ2) is 9.40. The SMILES string of the molecule is COc1ccc(NC(=S)NCCSCc2ccccc2)c2cccnc12. The number of rotatable bonds is 7. The summed E-state index contributed by atoms with van der Waals surface area (Å²) in [5.74, 6) is 2.75. The molecule has 0 atom stereocenters. The smallest absolute Gasteiger partial charge is 0.170 e. The Morgan fingerprint density at radius 3 is 2.77 bits per heavy atom. The van der Waals surface area contributed by atoms with Gasteiger partial charge >= 0.3 is 0 Å². The molecule has 0 bridgehead atoms.